The molecule has 0 aliphatic rings. The molecule has 0 spiro atoms. The van der Waals surface area contributed by atoms with E-state index < -0.39 is 22.0 Å². The Balaban J connectivity index is 1.88. The maximum Gasteiger partial charge on any atom is 0.251 e. The summed E-state index contributed by atoms with van der Waals surface area (Å²) in [6, 6.07) is 13.4. The van der Waals surface area contributed by atoms with E-state index in [1.54, 1.807) is 6.92 Å². The first-order chi connectivity index (χ1) is 13.2. The van der Waals surface area contributed by atoms with Gasteiger partial charge in [0.25, 0.3) is 5.91 Å². The number of benzene rings is 2. The lowest BCUT2D eigenvalue weighted by Crippen LogP contribution is -2.27. The van der Waals surface area contributed by atoms with Gasteiger partial charge in [-0.15, -0.1) is 0 Å². The predicted octanol–water partition coefficient (Wildman–Crippen LogP) is 3.18. The van der Waals surface area contributed by atoms with Crippen LogP contribution in [0.3, 0.4) is 0 Å². The number of rotatable bonds is 6. The Labute approximate surface area is 163 Å². The van der Waals surface area contributed by atoms with E-state index in [-0.39, 0.29) is 16.2 Å². The van der Waals surface area contributed by atoms with E-state index in [1.807, 2.05) is 30.3 Å². The molecule has 1 unspecified atom stereocenters. The first-order valence-electron chi connectivity index (χ1n) is 8.64. The number of hydrogen-bond donors (Lipinski definition) is 1. The van der Waals surface area contributed by atoms with E-state index in [9.17, 15) is 13.2 Å². The molecule has 1 N–H and O–H groups in total. The number of sulfonamides is 1. The van der Waals surface area contributed by atoms with Crippen molar-refractivity contribution in [3.8, 4) is 5.75 Å². The summed E-state index contributed by atoms with van der Waals surface area (Å²) in [4.78, 5) is 12.6. The number of para-hydroxylation sites is 1. The summed E-state index contributed by atoms with van der Waals surface area (Å²) in [7, 11) is 0.462. The molecule has 0 fully saturated rings. The highest BCUT2D eigenvalue weighted by Gasteiger charge is 2.24. The summed E-state index contributed by atoms with van der Waals surface area (Å²) in [6.45, 7) is 1.80. The van der Waals surface area contributed by atoms with Gasteiger partial charge in [0.15, 0.2) is 0 Å². The monoisotopic (exact) mass is 402 g/mol. The molecule has 3 rings (SSSR count). The second-order valence-corrected chi connectivity index (χ2v) is 8.66. The topological polar surface area (TPSA) is 88.8 Å². The van der Waals surface area contributed by atoms with Gasteiger partial charge in [-0.05, 0) is 37.3 Å². The van der Waals surface area contributed by atoms with E-state index in [0.29, 0.717) is 5.76 Å². The van der Waals surface area contributed by atoms with Crippen LogP contribution < -0.4 is 10.1 Å². The number of nitrogens with one attached hydrogen (secondary N) is 1. The number of amides is 1. The molecule has 148 valence electrons. The van der Waals surface area contributed by atoms with Crippen molar-refractivity contribution in [3.05, 3.63) is 59.9 Å². The molecule has 1 heterocycles. The molecule has 7 nitrogen and oxygen atoms in total. The smallest absolute Gasteiger partial charge is 0.251 e. The highest BCUT2D eigenvalue weighted by atomic mass is 32.2. The normalized spacial score (nSPS) is 12.9. The lowest BCUT2D eigenvalue weighted by Gasteiger charge is -2.16. The van der Waals surface area contributed by atoms with E-state index in [1.165, 1.54) is 39.4 Å². The number of fused-ring (bicyclic) bond motifs is 1. The SMILES string of the molecule is COc1ccc(C(=O)NC(C)c2cc3ccccc3o2)cc1S(=O)(=O)N(C)C. The Morgan fingerprint density at radius 2 is 1.86 bits per heavy atom. The fourth-order valence-corrected chi connectivity index (χ4v) is 3.86. The molecule has 0 aliphatic carbocycles. The molecule has 0 saturated carbocycles. The standard InChI is InChI=1S/C20H22N2O5S/c1-13(18-11-14-7-5-6-8-16(14)27-18)21-20(23)15-9-10-17(26-4)19(12-15)28(24,25)22(2)3/h5-13H,1-4H3,(H,21,23). The molecule has 0 aliphatic heterocycles. The minimum Gasteiger partial charge on any atom is -0.495 e. The molecular weight excluding hydrogens is 380 g/mol. The van der Waals surface area contributed by atoms with Gasteiger partial charge in [-0.25, -0.2) is 12.7 Å². The molecule has 1 amide bonds. The van der Waals surface area contributed by atoms with Crippen LogP contribution in [0, 0.1) is 0 Å². The lowest BCUT2D eigenvalue weighted by atomic mass is 10.1. The summed E-state index contributed by atoms with van der Waals surface area (Å²) >= 11 is 0. The highest BCUT2D eigenvalue weighted by molar-refractivity contribution is 7.89. The molecule has 28 heavy (non-hydrogen) atoms. The van der Waals surface area contributed by atoms with Crippen LogP contribution in [-0.2, 0) is 10.0 Å². The van der Waals surface area contributed by atoms with Gasteiger partial charge in [-0.2, -0.15) is 0 Å². The van der Waals surface area contributed by atoms with Crippen LogP contribution in [-0.4, -0.2) is 39.8 Å². The molecule has 8 heteroatoms. The third-order valence-corrected chi connectivity index (χ3v) is 6.24. The van der Waals surface area contributed by atoms with E-state index in [2.05, 4.69) is 5.32 Å². The second kappa shape index (κ2) is 7.65. The summed E-state index contributed by atoms with van der Waals surface area (Å²) < 4.78 is 37.1. The Kier molecular flexibility index (Phi) is 5.44. The molecular formula is C20H22N2O5S. The average Bonchev–Trinajstić information content (AvgIpc) is 3.11. The van der Waals surface area contributed by atoms with Gasteiger partial charge in [0.2, 0.25) is 10.0 Å². The fraction of sp³-hybridized carbons (Fsp3) is 0.250. The van der Waals surface area contributed by atoms with Crippen molar-refractivity contribution in [1.29, 1.82) is 0 Å². The summed E-state index contributed by atoms with van der Waals surface area (Å²) in [5, 5.41) is 3.78. The minimum atomic E-state index is -3.76. The first kappa shape index (κ1) is 19.9. The molecule has 3 aromatic rings. The molecule has 0 saturated heterocycles. The Bertz CT molecular complexity index is 1090. The Morgan fingerprint density at radius 3 is 2.50 bits per heavy atom. The van der Waals surface area contributed by atoms with Crippen molar-refractivity contribution in [2.45, 2.75) is 17.9 Å². The summed E-state index contributed by atoms with van der Waals surface area (Å²) in [5.41, 5.74) is 0.951. The number of ether oxygens (including phenoxy) is 1. The van der Waals surface area contributed by atoms with Gasteiger partial charge in [0.05, 0.1) is 13.2 Å². The second-order valence-electron chi connectivity index (χ2n) is 6.53. The van der Waals surface area contributed by atoms with E-state index in [4.69, 9.17) is 9.15 Å². The zero-order chi connectivity index (χ0) is 20.5. The number of nitrogens with zero attached hydrogens (tertiary/aromatic N) is 1. The van der Waals surface area contributed by atoms with Gasteiger partial charge in [-0.3, -0.25) is 4.79 Å². The van der Waals surface area contributed by atoms with Gasteiger partial charge in [0.1, 0.15) is 22.0 Å². The number of carbonyl (C=O) groups excluding carboxylic acids is 1. The van der Waals surface area contributed by atoms with Crippen LogP contribution in [0.15, 0.2) is 57.8 Å². The first-order valence-corrected chi connectivity index (χ1v) is 10.1. The maximum absolute atomic E-state index is 12.7. The van der Waals surface area contributed by atoms with Crippen molar-refractivity contribution in [2.75, 3.05) is 21.2 Å². The predicted molar refractivity (Wildman–Crippen MR) is 106 cm³/mol. The Hall–Kier alpha value is -2.84. The van der Waals surface area contributed by atoms with Crippen LogP contribution in [0.4, 0.5) is 0 Å². The molecule has 0 bridgehead atoms. The van der Waals surface area contributed by atoms with Crippen LogP contribution in [0.5, 0.6) is 5.75 Å². The van der Waals surface area contributed by atoms with Gasteiger partial charge in [-0.1, -0.05) is 18.2 Å². The van der Waals surface area contributed by atoms with Crippen molar-refractivity contribution in [3.63, 3.8) is 0 Å². The summed E-state index contributed by atoms with van der Waals surface area (Å²) in [5.74, 6) is 0.380. The zero-order valence-electron chi connectivity index (χ0n) is 16.1. The number of hydrogen-bond acceptors (Lipinski definition) is 5. The fourth-order valence-electron chi connectivity index (χ4n) is 2.78. The van der Waals surface area contributed by atoms with Gasteiger partial charge < -0.3 is 14.5 Å². The maximum atomic E-state index is 12.7. The molecule has 0 radical (unpaired) electrons. The third-order valence-electron chi connectivity index (χ3n) is 4.40. The van der Waals surface area contributed by atoms with Crippen LogP contribution in [0.1, 0.15) is 29.1 Å². The number of furan rings is 1. The van der Waals surface area contributed by atoms with Gasteiger partial charge >= 0.3 is 0 Å². The van der Waals surface area contributed by atoms with Crippen LogP contribution in [0.25, 0.3) is 11.0 Å². The average molecular weight is 402 g/mol. The minimum absolute atomic E-state index is 0.0657. The van der Waals surface area contributed by atoms with Crippen molar-refractivity contribution >= 4 is 26.9 Å². The Morgan fingerprint density at radius 1 is 1.14 bits per heavy atom. The van der Waals surface area contributed by atoms with E-state index >= 15 is 0 Å². The summed E-state index contributed by atoms with van der Waals surface area (Å²) in [6.07, 6.45) is 0. The zero-order valence-corrected chi connectivity index (χ0v) is 16.9. The van der Waals surface area contributed by atoms with Gasteiger partial charge in [0, 0.05) is 25.0 Å². The largest absolute Gasteiger partial charge is 0.495 e. The quantitative estimate of drug-likeness (QED) is 0.684. The van der Waals surface area contributed by atoms with Crippen LogP contribution in [0.2, 0.25) is 0 Å². The van der Waals surface area contributed by atoms with Crippen molar-refractivity contribution in [2.24, 2.45) is 0 Å². The third kappa shape index (κ3) is 3.74. The van der Waals surface area contributed by atoms with Crippen LogP contribution >= 0.6 is 0 Å². The highest BCUT2D eigenvalue weighted by Crippen LogP contribution is 2.28. The van der Waals surface area contributed by atoms with E-state index in [0.717, 1.165) is 15.3 Å². The molecule has 1 atom stereocenters. The van der Waals surface area contributed by atoms with Crippen molar-refractivity contribution in [1.82, 2.24) is 9.62 Å². The molecule has 1 aromatic heterocycles. The number of carbonyl (C=O) groups is 1. The van der Waals surface area contributed by atoms with Crippen molar-refractivity contribution < 1.29 is 22.4 Å². The molecule has 2 aromatic carbocycles. The lowest BCUT2D eigenvalue weighted by molar-refractivity contribution is 0.0935. The number of methoxy groups -OCH3 is 1.